The van der Waals surface area contributed by atoms with Crippen LogP contribution in [0.1, 0.15) is 24.5 Å². The summed E-state index contributed by atoms with van der Waals surface area (Å²) in [6, 6.07) is 17.5. The van der Waals surface area contributed by atoms with Crippen LogP contribution in [0, 0.1) is 0 Å². The number of anilines is 1. The Labute approximate surface area is 157 Å². The Bertz CT molecular complexity index is 956. The first kappa shape index (κ1) is 16.9. The second-order valence-electron chi connectivity index (χ2n) is 6.57. The fourth-order valence-electron chi connectivity index (χ4n) is 3.57. The van der Waals surface area contributed by atoms with Crippen LogP contribution in [0.2, 0.25) is 5.02 Å². The second kappa shape index (κ2) is 7.00. The first-order valence-corrected chi connectivity index (χ1v) is 9.30. The van der Waals surface area contributed by atoms with E-state index in [4.69, 9.17) is 16.3 Å². The maximum absolute atomic E-state index is 12.8. The van der Waals surface area contributed by atoms with Gasteiger partial charge in [-0.2, -0.15) is 0 Å². The molecule has 3 nitrogen and oxygen atoms in total. The average Bonchev–Trinajstić information content (AvgIpc) is 3.08. The zero-order valence-corrected chi connectivity index (χ0v) is 15.3. The van der Waals surface area contributed by atoms with E-state index in [-0.39, 0.29) is 5.91 Å². The van der Waals surface area contributed by atoms with Crippen molar-refractivity contribution < 1.29 is 9.53 Å². The summed E-state index contributed by atoms with van der Waals surface area (Å²) < 4.78 is 5.85. The summed E-state index contributed by atoms with van der Waals surface area (Å²) >= 11 is 5.90. The maximum atomic E-state index is 12.8. The molecule has 0 heterocycles. The van der Waals surface area contributed by atoms with Crippen LogP contribution in [-0.4, -0.2) is 12.0 Å². The predicted molar refractivity (Wildman–Crippen MR) is 106 cm³/mol. The molecule has 3 aromatic carbocycles. The monoisotopic (exact) mass is 365 g/mol. The predicted octanol–water partition coefficient (Wildman–Crippen LogP) is 5.39. The number of carbonyl (C=O) groups is 1. The highest BCUT2D eigenvalue weighted by Gasteiger charge is 2.21. The summed E-state index contributed by atoms with van der Waals surface area (Å²) in [6.45, 7) is 1.94. The fraction of sp³-hybridized carbons (Fsp3) is 0.227. The van der Waals surface area contributed by atoms with Crippen molar-refractivity contribution in [1.29, 1.82) is 0 Å². The van der Waals surface area contributed by atoms with Gasteiger partial charge in [0.05, 0.1) is 0 Å². The molecule has 1 N–H and O–H groups in total. The number of halogens is 1. The standard InChI is InChI=1S/C22H20ClNO2/c1-2-20(26-17-11-9-16(23)10-12-17)22(25)24-19-13-8-15-7-6-14-4-3-5-18(19)21(14)15/h3-5,8-13,20H,2,6-7H2,1H3,(H,24,25)/t20-/m1/s1. The van der Waals surface area contributed by atoms with Crippen molar-refractivity contribution >= 4 is 34.0 Å². The Morgan fingerprint density at radius 1 is 1.08 bits per heavy atom. The first-order valence-electron chi connectivity index (χ1n) is 8.92. The molecular formula is C22H20ClNO2. The number of hydrogen-bond donors (Lipinski definition) is 1. The summed E-state index contributed by atoms with van der Waals surface area (Å²) in [4.78, 5) is 12.8. The molecule has 0 saturated heterocycles. The highest BCUT2D eigenvalue weighted by atomic mass is 35.5. The van der Waals surface area contributed by atoms with E-state index in [0.717, 1.165) is 23.9 Å². The number of ether oxygens (including phenoxy) is 1. The number of aryl methyl sites for hydroxylation is 2. The summed E-state index contributed by atoms with van der Waals surface area (Å²) in [5.74, 6) is 0.498. The van der Waals surface area contributed by atoms with Gasteiger partial charge in [-0.25, -0.2) is 0 Å². The van der Waals surface area contributed by atoms with Gasteiger partial charge in [0.25, 0.3) is 5.91 Å². The zero-order chi connectivity index (χ0) is 18.1. The number of nitrogens with one attached hydrogen (secondary N) is 1. The van der Waals surface area contributed by atoms with Gasteiger partial charge in [-0.3, -0.25) is 4.79 Å². The highest BCUT2D eigenvalue weighted by Crippen LogP contribution is 2.35. The third-order valence-electron chi connectivity index (χ3n) is 4.89. The molecule has 3 aromatic rings. The lowest BCUT2D eigenvalue weighted by Gasteiger charge is -2.18. The molecule has 26 heavy (non-hydrogen) atoms. The van der Waals surface area contributed by atoms with Gasteiger partial charge >= 0.3 is 0 Å². The van der Waals surface area contributed by atoms with Crippen molar-refractivity contribution in [3.05, 3.63) is 70.7 Å². The van der Waals surface area contributed by atoms with Crippen LogP contribution in [0.25, 0.3) is 10.8 Å². The maximum Gasteiger partial charge on any atom is 0.265 e. The third kappa shape index (κ3) is 3.15. The first-order chi connectivity index (χ1) is 12.7. The molecule has 1 amide bonds. The van der Waals surface area contributed by atoms with Crippen molar-refractivity contribution in [2.24, 2.45) is 0 Å². The van der Waals surface area contributed by atoms with Crippen LogP contribution in [0.4, 0.5) is 5.69 Å². The van der Waals surface area contributed by atoms with Gasteiger partial charge in [0.15, 0.2) is 6.10 Å². The van der Waals surface area contributed by atoms with Gasteiger partial charge in [0.2, 0.25) is 0 Å². The van der Waals surface area contributed by atoms with Crippen molar-refractivity contribution in [1.82, 2.24) is 0 Å². The van der Waals surface area contributed by atoms with Crippen molar-refractivity contribution in [2.75, 3.05) is 5.32 Å². The summed E-state index contributed by atoms with van der Waals surface area (Å²) in [5.41, 5.74) is 3.56. The second-order valence-corrected chi connectivity index (χ2v) is 7.01. The molecule has 0 aliphatic heterocycles. The van der Waals surface area contributed by atoms with Crippen molar-refractivity contribution in [3.8, 4) is 5.75 Å². The number of rotatable bonds is 5. The largest absolute Gasteiger partial charge is 0.481 e. The van der Waals surface area contributed by atoms with Gasteiger partial charge in [-0.15, -0.1) is 0 Å². The lowest BCUT2D eigenvalue weighted by atomic mass is 10.0. The van der Waals surface area contributed by atoms with Crippen LogP contribution in [0.3, 0.4) is 0 Å². The smallest absolute Gasteiger partial charge is 0.265 e. The van der Waals surface area contributed by atoms with Crippen molar-refractivity contribution in [2.45, 2.75) is 32.3 Å². The van der Waals surface area contributed by atoms with Crippen LogP contribution < -0.4 is 10.1 Å². The molecule has 0 spiro atoms. The van der Waals surface area contributed by atoms with E-state index in [1.807, 2.05) is 13.0 Å². The normalized spacial score (nSPS) is 13.6. The van der Waals surface area contributed by atoms with Gasteiger partial charge in [0, 0.05) is 16.1 Å². The molecule has 4 rings (SSSR count). The SMILES string of the molecule is CC[C@@H](Oc1ccc(Cl)cc1)C(=O)Nc1ccc2c3c(cccc13)CC2. The minimum absolute atomic E-state index is 0.138. The van der Waals surface area contributed by atoms with Gasteiger partial charge in [-0.1, -0.05) is 42.8 Å². The van der Waals surface area contributed by atoms with Crippen LogP contribution in [-0.2, 0) is 17.6 Å². The van der Waals surface area contributed by atoms with Crippen molar-refractivity contribution in [3.63, 3.8) is 0 Å². The van der Waals surface area contributed by atoms with E-state index in [1.54, 1.807) is 24.3 Å². The molecule has 0 unspecified atom stereocenters. The summed E-state index contributed by atoms with van der Waals surface area (Å²) in [5, 5.41) is 6.09. The Hall–Kier alpha value is -2.52. The van der Waals surface area contributed by atoms with Crippen LogP contribution in [0.15, 0.2) is 54.6 Å². The minimum atomic E-state index is -0.556. The molecule has 0 aromatic heterocycles. The molecule has 0 fully saturated rings. The fourth-order valence-corrected chi connectivity index (χ4v) is 3.69. The van der Waals surface area contributed by atoms with Gasteiger partial charge in [0.1, 0.15) is 5.75 Å². The van der Waals surface area contributed by atoms with E-state index >= 15 is 0 Å². The Kier molecular flexibility index (Phi) is 4.56. The average molecular weight is 366 g/mol. The molecule has 0 radical (unpaired) electrons. The third-order valence-corrected chi connectivity index (χ3v) is 5.14. The molecule has 132 valence electrons. The zero-order valence-electron chi connectivity index (χ0n) is 14.6. The number of carbonyl (C=O) groups excluding carboxylic acids is 1. The van der Waals surface area contributed by atoms with E-state index < -0.39 is 6.10 Å². The molecule has 0 saturated carbocycles. The molecule has 1 atom stereocenters. The van der Waals surface area contributed by atoms with Crippen LogP contribution >= 0.6 is 11.6 Å². The van der Waals surface area contributed by atoms with E-state index in [1.165, 1.54) is 16.5 Å². The quantitative estimate of drug-likeness (QED) is 0.658. The molecule has 0 bridgehead atoms. The Balaban J connectivity index is 1.57. The van der Waals surface area contributed by atoms with E-state index in [9.17, 15) is 4.79 Å². The summed E-state index contributed by atoms with van der Waals surface area (Å²) in [6.07, 6.45) is 2.16. The Morgan fingerprint density at radius 2 is 1.81 bits per heavy atom. The summed E-state index contributed by atoms with van der Waals surface area (Å²) in [7, 11) is 0. The molecular weight excluding hydrogens is 346 g/mol. The molecule has 4 heteroatoms. The molecule has 1 aliphatic carbocycles. The number of benzene rings is 3. The molecule has 1 aliphatic rings. The topological polar surface area (TPSA) is 38.3 Å². The van der Waals surface area contributed by atoms with Gasteiger partial charge < -0.3 is 10.1 Å². The number of amides is 1. The lowest BCUT2D eigenvalue weighted by molar-refractivity contribution is -0.122. The van der Waals surface area contributed by atoms with E-state index in [0.29, 0.717) is 17.2 Å². The van der Waals surface area contributed by atoms with Crippen LogP contribution in [0.5, 0.6) is 5.75 Å². The lowest BCUT2D eigenvalue weighted by Crippen LogP contribution is -2.32. The highest BCUT2D eigenvalue weighted by molar-refractivity contribution is 6.30. The van der Waals surface area contributed by atoms with Gasteiger partial charge in [-0.05, 0) is 66.1 Å². The minimum Gasteiger partial charge on any atom is -0.481 e. The number of hydrogen-bond acceptors (Lipinski definition) is 2. The Morgan fingerprint density at radius 3 is 2.54 bits per heavy atom. The van der Waals surface area contributed by atoms with E-state index in [2.05, 4.69) is 29.6 Å².